The van der Waals surface area contributed by atoms with Crippen molar-refractivity contribution in [2.75, 3.05) is 6.54 Å². The lowest BCUT2D eigenvalue weighted by molar-refractivity contribution is 0.712. The summed E-state index contributed by atoms with van der Waals surface area (Å²) < 4.78 is 0. The molecule has 0 fully saturated rings. The van der Waals surface area contributed by atoms with Crippen LogP contribution in [0.25, 0.3) is 0 Å². The van der Waals surface area contributed by atoms with Crippen LogP contribution >= 0.6 is 0 Å². The van der Waals surface area contributed by atoms with Crippen molar-refractivity contribution in [2.24, 2.45) is 0 Å². The van der Waals surface area contributed by atoms with Gasteiger partial charge < -0.3 is 5.32 Å². The predicted molar refractivity (Wildman–Crippen MR) is 39.8 cm³/mol. The third-order valence-electron chi connectivity index (χ3n) is 0.957. The molecule has 1 N–H and O–H groups in total. The van der Waals surface area contributed by atoms with Gasteiger partial charge in [0, 0.05) is 13.7 Å². The molecule has 50 valence electrons. The van der Waals surface area contributed by atoms with E-state index in [4.69, 9.17) is 0 Å². The highest BCUT2D eigenvalue weighted by molar-refractivity contribution is 4.83. The summed E-state index contributed by atoms with van der Waals surface area (Å²) in [7, 11) is 0. The van der Waals surface area contributed by atoms with Crippen LogP contribution in [0.5, 0.6) is 0 Å². The average Bonchev–Trinajstić information content (AvgIpc) is 1.66. The quantitative estimate of drug-likeness (QED) is 0.553. The van der Waals surface area contributed by atoms with Crippen molar-refractivity contribution in [2.45, 2.75) is 26.7 Å². The largest absolute Gasteiger partial charge is 0.389 e. The van der Waals surface area contributed by atoms with Crippen LogP contribution in [-0.2, 0) is 0 Å². The van der Waals surface area contributed by atoms with Gasteiger partial charge in [0.1, 0.15) is 0 Å². The third kappa shape index (κ3) is 5.54. The zero-order chi connectivity index (χ0) is 6.41. The van der Waals surface area contributed by atoms with Crippen molar-refractivity contribution in [1.29, 1.82) is 0 Å². The van der Waals surface area contributed by atoms with E-state index in [1.165, 1.54) is 12.8 Å². The van der Waals surface area contributed by atoms with E-state index >= 15 is 0 Å². The number of hydrogen-bond donors (Lipinski definition) is 1. The monoisotopic (exact) mass is 115 g/mol. The van der Waals surface area contributed by atoms with Gasteiger partial charge in [-0.2, -0.15) is 0 Å². The second kappa shape index (κ2) is 4.69. The van der Waals surface area contributed by atoms with Gasteiger partial charge in [-0.15, -0.1) is 0 Å². The van der Waals surface area contributed by atoms with Crippen LogP contribution in [0.15, 0.2) is 12.3 Å². The second-order valence-corrected chi connectivity index (χ2v) is 2.06. The molecule has 0 radical (unpaired) electrons. The van der Waals surface area contributed by atoms with Crippen LogP contribution in [0.2, 0.25) is 0 Å². The zero-order valence-electron chi connectivity index (χ0n) is 5.83. The standard InChI is InChI=1S/C7H15N.H2/c1-4-5-6-8-7(2)3;/h8H,2,4-6H2,1,3H3;1H. The molecule has 0 saturated heterocycles. The van der Waals surface area contributed by atoms with Gasteiger partial charge in [0.05, 0.1) is 0 Å². The molecule has 0 amide bonds. The lowest BCUT2D eigenvalue weighted by Crippen LogP contribution is -2.10. The molecule has 8 heavy (non-hydrogen) atoms. The molecular weight excluding hydrogens is 98.1 g/mol. The first-order chi connectivity index (χ1) is 3.77. The molecule has 1 heteroatoms. The molecule has 0 aromatic carbocycles. The molecule has 0 atom stereocenters. The summed E-state index contributed by atoms with van der Waals surface area (Å²) in [5, 5.41) is 3.15. The van der Waals surface area contributed by atoms with E-state index in [0.717, 1.165) is 12.2 Å². The van der Waals surface area contributed by atoms with Crippen LogP contribution in [0.4, 0.5) is 0 Å². The van der Waals surface area contributed by atoms with Crippen molar-refractivity contribution in [1.82, 2.24) is 5.32 Å². The lowest BCUT2D eigenvalue weighted by atomic mass is 10.3. The van der Waals surface area contributed by atoms with Crippen molar-refractivity contribution in [3.8, 4) is 0 Å². The van der Waals surface area contributed by atoms with Gasteiger partial charge in [0.2, 0.25) is 0 Å². The molecule has 0 heterocycles. The lowest BCUT2D eigenvalue weighted by Gasteiger charge is -2.00. The summed E-state index contributed by atoms with van der Waals surface area (Å²) in [6.45, 7) is 8.95. The van der Waals surface area contributed by atoms with E-state index in [1.807, 2.05) is 6.92 Å². The number of unbranched alkanes of at least 4 members (excludes halogenated alkanes) is 1. The SMILES string of the molecule is C=C(C)NCCCC.[HH]. The van der Waals surface area contributed by atoms with Crippen LogP contribution in [0.3, 0.4) is 0 Å². The summed E-state index contributed by atoms with van der Waals surface area (Å²) in [5.41, 5.74) is 1.07. The van der Waals surface area contributed by atoms with E-state index in [0.29, 0.717) is 0 Å². The number of hydrogen-bond acceptors (Lipinski definition) is 1. The molecule has 0 aromatic heterocycles. The summed E-state index contributed by atoms with van der Waals surface area (Å²) >= 11 is 0. The highest BCUT2D eigenvalue weighted by Crippen LogP contribution is 1.84. The molecular formula is C7H17N. The van der Waals surface area contributed by atoms with Crippen LogP contribution in [0.1, 0.15) is 28.1 Å². The van der Waals surface area contributed by atoms with Gasteiger partial charge in [-0.05, 0) is 13.3 Å². The van der Waals surface area contributed by atoms with Gasteiger partial charge in [0.15, 0.2) is 0 Å². The molecule has 0 saturated carbocycles. The summed E-state index contributed by atoms with van der Waals surface area (Å²) in [6.07, 6.45) is 2.49. The molecule has 0 aliphatic heterocycles. The van der Waals surface area contributed by atoms with E-state index in [-0.39, 0.29) is 1.43 Å². The Morgan fingerprint density at radius 1 is 1.75 bits per heavy atom. The van der Waals surface area contributed by atoms with Crippen LogP contribution in [0, 0.1) is 0 Å². The normalized spacial score (nSPS) is 8.75. The Labute approximate surface area is 53.3 Å². The molecule has 0 bridgehead atoms. The Bertz CT molecular complexity index is 71.3. The number of allylic oxidation sites excluding steroid dienone is 1. The predicted octanol–water partition coefficient (Wildman–Crippen LogP) is 2.16. The third-order valence-corrected chi connectivity index (χ3v) is 0.957. The number of rotatable bonds is 4. The average molecular weight is 115 g/mol. The topological polar surface area (TPSA) is 12.0 Å². The maximum absolute atomic E-state index is 3.72. The van der Waals surface area contributed by atoms with Crippen LogP contribution < -0.4 is 5.32 Å². The highest BCUT2D eigenvalue weighted by Gasteiger charge is 1.80. The fourth-order valence-corrected chi connectivity index (χ4v) is 0.479. The summed E-state index contributed by atoms with van der Waals surface area (Å²) in [5.74, 6) is 0. The summed E-state index contributed by atoms with van der Waals surface area (Å²) in [4.78, 5) is 0. The maximum atomic E-state index is 3.72. The molecule has 0 aliphatic rings. The van der Waals surface area contributed by atoms with Crippen molar-refractivity contribution < 1.29 is 1.43 Å². The molecule has 0 aromatic rings. The van der Waals surface area contributed by atoms with E-state index < -0.39 is 0 Å². The molecule has 0 rings (SSSR count). The highest BCUT2D eigenvalue weighted by atomic mass is 14.9. The molecule has 0 aliphatic carbocycles. The minimum absolute atomic E-state index is 0. The van der Waals surface area contributed by atoms with Gasteiger partial charge >= 0.3 is 0 Å². The Hall–Kier alpha value is -0.460. The van der Waals surface area contributed by atoms with Gasteiger partial charge in [-0.3, -0.25) is 0 Å². The first-order valence-corrected chi connectivity index (χ1v) is 3.16. The Kier molecular flexibility index (Phi) is 4.42. The minimum Gasteiger partial charge on any atom is -0.389 e. The minimum atomic E-state index is 0. The molecule has 0 unspecified atom stereocenters. The van der Waals surface area contributed by atoms with E-state index in [9.17, 15) is 0 Å². The zero-order valence-corrected chi connectivity index (χ0v) is 5.83. The Balaban J connectivity index is 0. The Morgan fingerprint density at radius 2 is 2.38 bits per heavy atom. The van der Waals surface area contributed by atoms with E-state index in [1.54, 1.807) is 0 Å². The molecule has 0 spiro atoms. The van der Waals surface area contributed by atoms with Crippen molar-refractivity contribution in [3.05, 3.63) is 12.3 Å². The van der Waals surface area contributed by atoms with Crippen molar-refractivity contribution in [3.63, 3.8) is 0 Å². The number of nitrogens with one attached hydrogen (secondary N) is 1. The first kappa shape index (κ1) is 7.54. The Morgan fingerprint density at radius 3 is 2.75 bits per heavy atom. The van der Waals surface area contributed by atoms with Gasteiger partial charge in [-0.1, -0.05) is 19.9 Å². The smallest absolute Gasteiger partial charge is 0.0143 e. The van der Waals surface area contributed by atoms with Gasteiger partial charge in [0.25, 0.3) is 0 Å². The fraction of sp³-hybridized carbons (Fsp3) is 0.714. The van der Waals surface area contributed by atoms with E-state index in [2.05, 4.69) is 18.8 Å². The first-order valence-electron chi connectivity index (χ1n) is 3.16. The maximum Gasteiger partial charge on any atom is 0.0143 e. The summed E-state index contributed by atoms with van der Waals surface area (Å²) in [6, 6.07) is 0. The van der Waals surface area contributed by atoms with Crippen LogP contribution in [-0.4, -0.2) is 6.54 Å². The fourth-order valence-electron chi connectivity index (χ4n) is 0.479. The molecule has 1 nitrogen and oxygen atoms in total. The van der Waals surface area contributed by atoms with Crippen molar-refractivity contribution >= 4 is 0 Å². The van der Waals surface area contributed by atoms with Gasteiger partial charge in [-0.25, -0.2) is 0 Å². The second-order valence-electron chi connectivity index (χ2n) is 2.06.